The van der Waals surface area contributed by atoms with Gasteiger partial charge in [0.15, 0.2) is 0 Å². The van der Waals surface area contributed by atoms with Gasteiger partial charge in [0.1, 0.15) is 11.6 Å². The molecule has 0 atom stereocenters. The molecule has 0 saturated carbocycles. The predicted molar refractivity (Wildman–Crippen MR) is 126 cm³/mol. The van der Waals surface area contributed by atoms with Crippen LogP contribution in [0.25, 0.3) is 0 Å². The van der Waals surface area contributed by atoms with Gasteiger partial charge in [-0.15, -0.1) is 0 Å². The number of nitro groups is 1. The van der Waals surface area contributed by atoms with E-state index in [1.165, 1.54) is 55.6 Å². The summed E-state index contributed by atoms with van der Waals surface area (Å²) in [5.74, 6) is -0.705. The zero-order chi connectivity index (χ0) is 25.0. The second kappa shape index (κ2) is 9.87. The standard InChI is InChI=1S/C23H22FN3O6S/c1-15-4-8-20(27(29)30)13-21(15)25-23(28)16-5-11-22(33-2)17(12-16)14-26(34(3,31)32)19-9-6-18(24)7-10-19/h4-13H,14H2,1-3H3,(H,25,28). The van der Waals surface area contributed by atoms with Crippen LogP contribution >= 0.6 is 0 Å². The van der Waals surface area contributed by atoms with Crippen LogP contribution in [0.2, 0.25) is 0 Å². The van der Waals surface area contributed by atoms with E-state index < -0.39 is 26.7 Å². The third-order valence-corrected chi connectivity index (χ3v) is 6.19. The van der Waals surface area contributed by atoms with Crippen molar-refractivity contribution in [2.45, 2.75) is 13.5 Å². The lowest BCUT2D eigenvalue weighted by molar-refractivity contribution is -0.384. The molecule has 11 heteroatoms. The molecule has 0 aliphatic rings. The lowest BCUT2D eigenvalue weighted by atomic mass is 10.1. The number of rotatable bonds is 8. The van der Waals surface area contributed by atoms with Crippen molar-refractivity contribution in [3.8, 4) is 5.75 Å². The third kappa shape index (κ3) is 5.67. The summed E-state index contributed by atoms with van der Waals surface area (Å²) in [7, 11) is -2.35. The Morgan fingerprint density at radius 1 is 1.12 bits per heavy atom. The van der Waals surface area contributed by atoms with Crippen LogP contribution in [0.15, 0.2) is 60.7 Å². The summed E-state index contributed by atoms with van der Waals surface area (Å²) in [4.78, 5) is 23.4. The number of anilines is 2. The number of halogens is 1. The van der Waals surface area contributed by atoms with Gasteiger partial charge in [-0.3, -0.25) is 19.2 Å². The van der Waals surface area contributed by atoms with Gasteiger partial charge in [-0.2, -0.15) is 0 Å². The number of carbonyl (C=O) groups is 1. The van der Waals surface area contributed by atoms with E-state index in [-0.39, 0.29) is 29.2 Å². The minimum atomic E-state index is -3.76. The lowest BCUT2D eigenvalue weighted by Crippen LogP contribution is -2.29. The fraction of sp³-hybridized carbons (Fsp3) is 0.174. The van der Waals surface area contributed by atoms with Crippen molar-refractivity contribution in [2.75, 3.05) is 23.0 Å². The number of amides is 1. The molecule has 0 aliphatic carbocycles. The van der Waals surface area contributed by atoms with Gasteiger partial charge in [0.05, 0.1) is 36.2 Å². The number of sulfonamides is 1. The maximum absolute atomic E-state index is 13.3. The summed E-state index contributed by atoms with van der Waals surface area (Å²) >= 11 is 0. The Labute approximate surface area is 196 Å². The Morgan fingerprint density at radius 3 is 2.38 bits per heavy atom. The molecule has 0 radical (unpaired) electrons. The van der Waals surface area contributed by atoms with E-state index in [9.17, 15) is 27.7 Å². The van der Waals surface area contributed by atoms with Crippen LogP contribution in [-0.2, 0) is 16.6 Å². The molecule has 178 valence electrons. The highest BCUT2D eigenvalue weighted by atomic mass is 32.2. The maximum Gasteiger partial charge on any atom is 0.271 e. The molecule has 0 fully saturated rings. The van der Waals surface area contributed by atoms with Crippen LogP contribution in [-0.4, -0.2) is 32.6 Å². The highest BCUT2D eigenvalue weighted by Gasteiger charge is 2.21. The van der Waals surface area contributed by atoms with Gasteiger partial charge >= 0.3 is 0 Å². The monoisotopic (exact) mass is 487 g/mol. The summed E-state index contributed by atoms with van der Waals surface area (Å²) in [6, 6.07) is 13.6. The van der Waals surface area contributed by atoms with Gasteiger partial charge in [-0.05, 0) is 55.0 Å². The summed E-state index contributed by atoms with van der Waals surface area (Å²) in [5, 5.41) is 13.7. The minimum Gasteiger partial charge on any atom is -0.496 e. The molecule has 0 saturated heterocycles. The van der Waals surface area contributed by atoms with Crippen molar-refractivity contribution in [3.05, 3.63) is 93.3 Å². The molecule has 1 amide bonds. The number of benzene rings is 3. The average molecular weight is 488 g/mol. The molecule has 3 aromatic carbocycles. The van der Waals surface area contributed by atoms with Crippen LogP contribution in [0.5, 0.6) is 5.75 Å². The number of non-ortho nitro benzene ring substituents is 1. The number of methoxy groups -OCH3 is 1. The average Bonchev–Trinajstić information content (AvgIpc) is 2.78. The molecule has 0 heterocycles. The molecule has 0 bridgehead atoms. The third-order valence-electron chi connectivity index (χ3n) is 5.05. The Hall–Kier alpha value is -3.99. The molecule has 0 spiro atoms. The topological polar surface area (TPSA) is 119 Å². The Kier molecular flexibility index (Phi) is 7.16. The van der Waals surface area contributed by atoms with Crippen LogP contribution in [0, 0.1) is 22.9 Å². The summed E-state index contributed by atoms with van der Waals surface area (Å²) in [5.41, 5.74) is 1.57. The molecule has 34 heavy (non-hydrogen) atoms. The fourth-order valence-corrected chi connectivity index (χ4v) is 4.14. The van der Waals surface area contributed by atoms with E-state index in [0.29, 0.717) is 16.9 Å². The van der Waals surface area contributed by atoms with E-state index in [4.69, 9.17) is 4.74 Å². The second-order valence-electron chi connectivity index (χ2n) is 7.48. The first-order valence-corrected chi connectivity index (χ1v) is 11.8. The van der Waals surface area contributed by atoms with Crippen molar-refractivity contribution in [1.29, 1.82) is 0 Å². The lowest BCUT2D eigenvalue weighted by Gasteiger charge is -2.24. The number of carbonyl (C=O) groups excluding carboxylic acids is 1. The molecule has 0 aliphatic heterocycles. The molecule has 0 unspecified atom stereocenters. The highest BCUT2D eigenvalue weighted by molar-refractivity contribution is 7.92. The van der Waals surface area contributed by atoms with Crippen molar-refractivity contribution in [1.82, 2.24) is 0 Å². The normalized spacial score (nSPS) is 11.1. The number of ether oxygens (including phenoxy) is 1. The first kappa shape index (κ1) is 24.6. The largest absolute Gasteiger partial charge is 0.496 e. The smallest absolute Gasteiger partial charge is 0.271 e. The maximum atomic E-state index is 13.3. The fourth-order valence-electron chi connectivity index (χ4n) is 3.26. The van der Waals surface area contributed by atoms with E-state index in [0.717, 1.165) is 22.7 Å². The van der Waals surface area contributed by atoms with E-state index in [1.807, 2.05) is 0 Å². The number of nitrogens with zero attached hydrogens (tertiary/aromatic N) is 2. The SMILES string of the molecule is COc1ccc(C(=O)Nc2cc([N+](=O)[O-])ccc2C)cc1CN(c1ccc(F)cc1)S(C)(=O)=O. The number of aryl methyl sites for hydroxylation is 1. The minimum absolute atomic E-state index is 0.167. The first-order chi connectivity index (χ1) is 16.0. The van der Waals surface area contributed by atoms with Gasteiger partial charge in [-0.25, -0.2) is 12.8 Å². The molecule has 0 aromatic heterocycles. The summed E-state index contributed by atoms with van der Waals surface area (Å²) in [6.07, 6.45) is 1.02. The van der Waals surface area contributed by atoms with E-state index >= 15 is 0 Å². The van der Waals surface area contributed by atoms with Crippen molar-refractivity contribution >= 4 is 33.0 Å². The van der Waals surface area contributed by atoms with Crippen LogP contribution in [0.3, 0.4) is 0 Å². The number of nitrogens with one attached hydrogen (secondary N) is 1. The number of nitro benzene ring substituents is 1. The van der Waals surface area contributed by atoms with Crippen LogP contribution < -0.4 is 14.4 Å². The number of hydrogen-bond acceptors (Lipinski definition) is 6. The predicted octanol–water partition coefficient (Wildman–Crippen LogP) is 4.27. The van der Waals surface area contributed by atoms with E-state index in [1.54, 1.807) is 6.92 Å². The van der Waals surface area contributed by atoms with Gasteiger partial charge in [-0.1, -0.05) is 6.07 Å². The Balaban J connectivity index is 1.95. The van der Waals surface area contributed by atoms with Gasteiger partial charge in [0.2, 0.25) is 10.0 Å². The van der Waals surface area contributed by atoms with Gasteiger partial charge < -0.3 is 10.1 Å². The van der Waals surface area contributed by atoms with Crippen molar-refractivity contribution < 1.29 is 27.3 Å². The van der Waals surface area contributed by atoms with Crippen LogP contribution in [0.1, 0.15) is 21.5 Å². The molecule has 3 aromatic rings. The molecule has 9 nitrogen and oxygen atoms in total. The summed E-state index contributed by atoms with van der Waals surface area (Å²) < 4.78 is 44.7. The quantitative estimate of drug-likeness (QED) is 0.374. The zero-order valence-electron chi connectivity index (χ0n) is 18.6. The molecular formula is C23H22FN3O6S. The second-order valence-corrected chi connectivity index (χ2v) is 9.39. The van der Waals surface area contributed by atoms with Gasteiger partial charge in [0, 0.05) is 23.3 Å². The Morgan fingerprint density at radius 2 is 1.79 bits per heavy atom. The van der Waals surface area contributed by atoms with E-state index in [2.05, 4.69) is 5.32 Å². The molecular weight excluding hydrogens is 465 g/mol. The molecule has 1 N–H and O–H groups in total. The highest BCUT2D eigenvalue weighted by Crippen LogP contribution is 2.28. The van der Waals surface area contributed by atoms with Crippen LogP contribution in [0.4, 0.5) is 21.5 Å². The van der Waals surface area contributed by atoms with Crippen molar-refractivity contribution in [2.24, 2.45) is 0 Å². The van der Waals surface area contributed by atoms with Gasteiger partial charge in [0.25, 0.3) is 11.6 Å². The molecule has 3 rings (SSSR count). The zero-order valence-corrected chi connectivity index (χ0v) is 19.4. The van der Waals surface area contributed by atoms with Crippen molar-refractivity contribution in [3.63, 3.8) is 0 Å². The number of hydrogen-bond donors (Lipinski definition) is 1. The first-order valence-electron chi connectivity index (χ1n) is 9.96. The summed E-state index contributed by atoms with van der Waals surface area (Å²) in [6.45, 7) is 1.52. The Bertz CT molecular complexity index is 1340.